The van der Waals surface area contributed by atoms with Gasteiger partial charge in [0.2, 0.25) is 0 Å². The fourth-order valence-electron chi connectivity index (χ4n) is 0.730. The van der Waals surface area contributed by atoms with Crippen molar-refractivity contribution >= 4 is 11.9 Å². The lowest BCUT2D eigenvalue weighted by atomic mass is 10.3. The maximum atomic E-state index is 3.97. The maximum Gasteiger partial charge on any atom is 0.0561 e. The molecule has 1 aromatic carbocycles. The van der Waals surface area contributed by atoms with E-state index in [1.165, 1.54) is 0 Å². The van der Waals surface area contributed by atoms with Crippen LogP contribution in [0.4, 0.5) is 5.69 Å². The molecule has 0 radical (unpaired) electrons. The number of para-hydroxylation sites is 1. The highest BCUT2D eigenvalue weighted by Crippen LogP contribution is 2.03. The molecule has 2 heteroatoms. The minimum absolute atomic E-state index is 0.929. The Morgan fingerprint density at radius 3 is 2.67 bits per heavy atom. The summed E-state index contributed by atoms with van der Waals surface area (Å²) >= 11 is 0. The molecule has 0 bridgehead atoms. The average molecular weight is 160 g/mol. The molecule has 0 unspecified atom stereocenters. The first-order valence-corrected chi connectivity index (χ1v) is 3.78. The number of hydrogen-bond acceptors (Lipinski definition) is 2. The Hall–Kier alpha value is -1.57. The van der Waals surface area contributed by atoms with Gasteiger partial charge in [0.25, 0.3) is 0 Å². The van der Waals surface area contributed by atoms with Crippen LogP contribution in [0.2, 0.25) is 0 Å². The van der Waals surface area contributed by atoms with Crippen LogP contribution >= 0.6 is 0 Å². The lowest BCUT2D eigenvalue weighted by Gasteiger charge is -1.97. The van der Waals surface area contributed by atoms with Gasteiger partial charge in [0.05, 0.1) is 5.69 Å². The van der Waals surface area contributed by atoms with Crippen molar-refractivity contribution in [2.24, 2.45) is 5.10 Å². The number of allylic oxidation sites excluding steroid dienone is 1. The van der Waals surface area contributed by atoms with Gasteiger partial charge in [0.1, 0.15) is 0 Å². The summed E-state index contributed by atoms with van der Waals surface area (Å²) in [6, 6.07) is 9.79. The molecule has 0 aliphatic rings. The molecule has 0 amide bonds. The van der Waals surface area contributed by atoms with E-state index in [9.17, 15) is 0 Å². The first kappa shape index (κ1) is 8.53. The standard InChI is InChI=1S/C10H12N2/c1-9(2)8-11-12-10-6-4-3-5-7-10/h3-8,12H,1H2,2H3. The minimum Gasteiger partial charge on any atom is -0.279 e. The van der Waals surface area contributed by atoms with Crippen molar-refractivity contribution < 1.29 is 0 Å². The Kier molecular flexibility index (Phi) is 3.08. The summed E-state index contributed by atoms with van der Waals surface area (Å²) < 4.78 is 0. The van der Waals surface area contributed by atoms with Crippen LogP contribution in [0.1, 0.15) is 6.92 Å². The zero-order chi connectivity index (χ0) is 8.81. The van der Waals surface area contributed by atoms with Gasteiger partial charge in [-0.2, -0.15) is 5.10 Å². The van der Waals surface area contributed by atoms with Gasteiger partial charge in [-0.15, -0.1) is 0 Å². The normalized spacial score (nSPS) is 10.1. The fourth-order valence-corrected chi connectivity index (χ4v) is 0.730. The zero-order valence-electron chi connectivity index (χ0n) is 7.12. The molecule has 0 heterocycles. The number of nitrogens with zero attached hydrogens (tertiary/aromatic N) is 1. The summed E-state index contributed by atoms with van der Waals surface area (Å²) in [5.41, 5.74) is 4.80. The molecule has 1 rings (SSSR count). The predicted molar refractivity (Wildman–Crippen MR) is 53.4 cm³/mol. The smallest absolute Gasteiger partial charge is 0.0561 e. The SMILES string of the molecule is C=C(C)C=NNc1ccccc1. The molecule has 0 saturated carbocycles. The third-order valence-electron chi connectivity index (χ3n) is 1.25. The van der Waals surface area contributed by atoms with Gasteiger partial charge >= 0.3 is 0 Å². The van der Waals surface area contributed by atoms with E-state index in [1.54, 1.807) is 6.21 Å². The quantitative estimate of drug-likeness (QED) is 0.533. The van der Waals surface area contributed by atoms with Crippen LogP contribution in [0.5, 0.6) is 0 Å². The van der Waals surface area contributed by atoms with Crippen LogP contribution in [-0.2, 0) is 0 Å². The lowest BCUT2D eigenvalue weighted by molar-refractivity contribution is 1.35. The highest BCUT2D eigenvalue weighted by molar-refractivity contribution is 5.77. The van der Waals surface area contributed by atoms with Gasteiger partial charge in [0, 0.05) is 6.21 Å². The molecule has 0 saturated heterocycles. The summed E-state index contributed by atoms with van der Waals surface area (Å²) in [6.07, 6.45) is 1.69. The third kappa shape index (κ3) is 3.01. The second-order valence-corrected chi connectivity index (χ2v) is 2.58. The van der Waals surface area contributed by atoms with Gasteiger partial charge in [-0.05, 0) is 24.6 Å². The molecule has 0 aromatic heterocycles. The van der Waals surface area contributed by atoms with Crippen molar-refractivity contribution in [2.45, 2.75) is 6.92 Å². The van der Waals surface area contributed by atoms with Crippen molar-refractivity contribution in [3.8, 4) is 0 Å². The van der Waals surface area contributed by atoms with Crippen LogP contribution in [0.25, 0.3) is 0 Å². The Morgan fingerprint density at radius 2 is 2.08 bits per heavy atom. The highest BCUT2D eigenvalue weighted by Gasteiger charge is 1.83. The van der Waals surface area contributed by atoms with E-state index in [4.69, 9.17) is 0 Å². The molecule has 0 spiro atoms. The van der Waals surface area contributed by atoms with Gasteiger partial charge in [0.15, 0.2) is 0 Å². The zero-order valence-corrected chi connectivity index (χ0v) is 7.12. The van der Waals surface area contributed by atoms with Crippen molar-refractivity contribution in [2.75, 3.05) is 5.43 Å². The molecule has 12 heavy (non-hydrogen) atoms. The van der Waals surface area contributed by atoms with E-state index in [1.807, 2.05) is 37.3 Å². The number of nitrogens with one attached hydrogen (secondary N) is 1. The summed E-state index contributed by atoms with van der Waals surface area (Å²) in [6.45, 7) is 5.60. The van der Waals surface area contributed by atoms with E-state index >= 15 is 0 Å². The topological polar surface area (TPSA) is 24.4 Å². The summed E-state index contributed by atoms with van der Waals surface area (Å²) in [4.78, 5) is 0. The molecular weight excluding hydrogens is 148 g/mol. The van der Waals surface area contributed by atoms with Crippen LogP contribution in [0.15, 0.2) is 47.6 Å². The molecule has 1 N–H and O–H groups in total. The Balaban J connectivity index is 2.49. The van der Waals surface area contributed by atoms with Gasteiger partial charge in [-0.25, -0.2) is 0 Å². The lowest BCUT2D eigenvalue weighted by Crippen LogP contribution is -1.88. The molecule has 1 aromatic rings. The Morgan fingerprint density at radius 1 is 1.42 bits per heavy atom. The monoisotopic (exact) mass is 160 g/mol. The van der Waals surface area contributed by atoms with Crippen molar-refractivity contribution in [1.82, 2.24) is 0 Å². The van der Waals surface area contributed by atoms with E-state index in [0.717, 1.165) is 11.3 Å². The summed E-state index contributed by atoms with van der Waals surface area (Å²) in [7, 11) is 0. The number of hydrogen-bond donors (Lipinski definition) is 1. The fraction of sp³-hybridized carbons (Fsp3) is 0.100. The van der Waals surface area contributed by atoms with Gasteiger partial charge in [-0.1, -0.05) is 24.8 Å². The van der Waals surface area contributed by atoms with Gasteiger partial charge in [-0.3, -0.25) is 5.43 Å². The van der Waals surface area contributed by atoms with E-state index in [0.29, 0.717) is 0 Å². The summed E-state index contributed by atoms with van der Waals surface area (Å²) in [5, 5.41) is 3.97. The first-order chi connectivity index (χ1) is 5.79. The molecule has 62 valence electrons. The van der Waals surface area contributed by atoms with Crippen molar-refractivity contribution in [1.29, 1.82) is 0 Å². The van der Waals surface area contributed by atoms with Crippen LogP contribution in [0, 0.1) is 0 Å². The third-order valence-corrected chi connectivity index (χ3v) is 1.25. The van der Waals surface area contributed by atoms with Crippen molar-refractivity contribution in [3.05, 3.63) is 42.5 Å². The molecule has 0 aliphatic carbocycles. The minimum atomic E-state index is 0.929. The Labute approximate surface area is 72.6 Å². The largest absolute Gasteiger partial charge is 0.279 e. The van der Waals surface area contributed by atoms with Crippen LogP contribution in [0.3, 0.4) is 0 Å². The van der Waals surface area contributed by atoms with Crippen molar-refractivity contribution in [3.63, 3.8) is 0 Å². The number of rotatable bonds is 3. The predicted octanol–water partition coefficient (Wildman–Crippen LogP) is 2.66. The number of benzene rings is 1. The van der Waals surface area contributed by atoms with E-state index in [2.05, 4.69) is 17.1 Å². The van der Waals surface area contributed by atoms with E-state index < -0.39 is 0 Å². The van der Waals surface area contributed by atoms with E-state index in [-0.39, 0.29) is 0 Å². The molecule has 2 nitrogen and oxygen atoms in total. The Bertz CT molecular complexity index is 275. The highest BCUT2D eigenvalue weighted by atomic mass is 15.3. The molecule has 0 atom stereocenters. The first-order valence-electron chi connectivity index (χ1n) is 3.78. The number of hydrazone groups is 1. The maximum absolute atomic E-state index is 3.97. The number of anilines is 1. The van der Waals surface area contributed by atoms with Gasteiger partial charge < -0.3 is 0 Å². The van der Waals surface area contributed by atoms with Crippen LogP contribution < -0.4 is 5.43 Å². The summed E-state index contributed by atoms with van der Waals surface area (Å²) in [5.74, 6) is 0. The second kappa shape index (κ2) is 4.34. The average Bonchev–Trinajstić information content (AvgIpc) is 2.05. The molecular formula is C10H12N2. The van der Waals surface area contributed by atoms with Crippen LogP contribution in [-0.4, -0.2) is 6.21 Å². The molecule has 0 fully saturated rings. The molecule has 0 aliphatic heterocycles. The second-order valence-electron chi connectivity index (χ2n) is 2.58.